The van der Waals surface area contributed by atoms with Crippen LogP contribution in [0.5, 0.6) is 0 Å². The van der Waals surface area contributed by atoms with Crippen LogP contribution in [0.2, 0.25) is 0 Å². The molecule has 2 aromatic carbocycles. The number of aromatic nitrogens is 1. The van der Waals surface area contributed by atoms with Gasteiger partial charge in [0.15, 0.2) is 6.20 Å². The number of para-hydroxylation sites is 1. The molecule has 0 spiro atoms. The molecule has 192 valence electrons. The van der Waals surface area contributed by atoms with Gasteiger partial charge in [0.1, 0.15) is 6.54 Å². The van der Waals surface area contributed by atoms with Crippen LogP contribution in [0, 0.1) is 0 Å². The van der Waals surface area contributed by atoms with Crippen LogP contribution in [-0.4, -0.2) is 57.5 Å². The Kier molecular flexibility index (Phi) is 9.33. The third-order valence-electron chi connectivity index (χ3n) is 6.66. The van der Waals surface area contributed by atoms with Crippen molar-refractivity contribution < 1.29 is 18.2 Å². The van der Waals surface area contributed by atoms with Gasteiger partial charge in [0.05, 0.1) is 24.8 Å². The van der Waals surface area contributed by atoms with Gasteiger partial charge in [-0.05, 0) is 50.2 Å². The smallest absolute Gasteiger partial charge is 0.330 e. The van der Waals surface area contributed by atoms with E-state index in [1.165, 1.54) is 22.2 Å². The number of aryl methyl sites for hydroxylation is 1. The van der Waals surface area contributed by atoms with E-state index in [1.807, 2.05) is 13.8 Å². The molecule has 0 saturated carbocycles. The third kappa shape index (κ3) is 6.83. The molecule has 1 fully saturated rings. The molecule has 0 aliphatic carbocycles. The maximum atomic E-state index is 12.8. The summed E-state index contributed by atoms with van der Waals surface area (Å²) in [5.41, 5.74) is 4.83. The minimum atomic E-state index is -3.02. The molecule has 2 heterocycles. The van der Waals surface area contributed by atoms with Crippen LogP contribution in [0.15, 0.2) is 60.8 Å². The highest BCUT2D eigenvalue weighted by molar-refractivity contribution is 7.53. The molecular weight excluding hydrogens is 469 g/mol. The number of benzene rings is 2. The molecule has 1 saturated heterocycles. The van der Waals surface area contributed by atoms with Gasteiger partial charge in [0.25, 0.3) is 0 Å². The van der Waals surface area contributed by atoms with E-state index in [0.717, 1.165) is 44.7 Å². The van der Waals surface area contributed by atoms with Crippen LogP contribution >= 0.6 is 7.60 Å². The maximum absolute atomic E-state index is 12.8. The van der Waals surface area contributed by atoms with E-state index < -0.39 is 7.60 Å². The standard InChI is InChI=1S/C29H39N3O3P/c1-4-34-36(33,35-5-2)24-8-18-32-19-17-26(28-9-6-7-10-29(28)32)14-11-25-12-15-27(16-13-25)31-22-20-30(3)21-23-31/h6-7,9-17,19H,4-5,8,18,20-24H2,1-3H3/q+1. The van der Waals surface area contributed by atoms with Gasteiger partial charge >= 0.3 is 7.60 Å². The highest BCUT2D eigenvalue weighted by atomic mass is 31.2. The molecule has 0 amide bonds. The van der Waals surface area contributed by atoms with Crippen molar-refractivity contribution in [1.82, 2.24) is 4.90 Å². The summed E-state index contributed by atoms with van der Waals surface area (Å²) in [6, 6.07) is 19.4. The lowest BCUT2D eigenvalue weighted by atomic mass is 10.1. The number of likely N-dealkylation sites (N-methyl/N-ethyl adjacent to an activating group) is 1. The fraction of sp³-hybridized carbons (Fsp3) is 0.414. The van der Waals surface area contributed by atoms with Crippen LogP contribution < -0.4 is 9.47 Å². The van der Waals surface area contributed by atoms with E-state index in [0.29, 0.717) is 19.4 Å². The van der Waals surface area contributed by atoms with Gasteiger partial charge < -0.3 is 18.8 Å². The minimum Gasteiger partial charge on any atom is -0.369 e. The summed E-state index contributed by atoms with van der Waals surface area (Å²) >= 11 is 0. The lowest BCUT2D eigenvalue weighted by molar-refractivity contribution is -0.671. The lowest BCUT2D eigenvalue weighted by Crippen LogP contribution is -2.44. The van der Waals surface area contributed by atoms with Crippen LogP contribution in [0.25, 0.3) is 23.1 Å². The zero-order valence-electron chi connectivity index (χ0n) is 21.8. The lowest BCUT2D eigenvalue weighted by Gasteiger charge is -2.34. The van der Waals surface area contributed by atoms with E-state index in [-0.39, 0.29) is 0 Å². The van der Waals surface area contributed by atoms with Crippen molar-refractivity contribution in [3.63, 3.8) is 0 Å². The second-order valence-electron chi connectivity index (χ2n) is 9.22. The zero-order chi connectivity index (χ0) is 25.4. The second-order valence-corrected chi connectivity index (χ2v) is 11.4. The number of piperazine rings is 1. The van der Waals surface area contributed by atoms with Gasteiger partial charge in [0.2, 0.25) is 5.52 Å². The first-order chi connectivity index (χ1) is 17.5. The second kappa shape index (κ2) is 12.6. The number of fused-ring (bicyclic) bond motifs is 1. The predicted molar refractivity (Wildman–Crippen MR) is 150 cm³/mol. The van der Waals surface area contributed by atoms with Gasteiger partial charge in [-0.1, -0.05) is 36.4 Å². The third-order valence-corrected chi connectivity index (χ3v) is 8.83. The normalized spacial score (nSPS) is 15.2. The molecular formula is C29H39N3O3P+. The molecule has 7 heteroatoms. The summed E-state index contributed by atoms with van der Waals surface area (Å²) in [4.78, 5) is 4.83. The van der Waals surface area contributed by atoms with Crippen molar-refractivity contribution in [2.75, 3.05) is 57.5 Å². The van der Waals surface area contributed by atoms with Gasteiger partial charge in [-0.2, -0.15) is 4.57 Å². The molecule has 1 aromatic heterocycles. The Balaban J connectivity index is 1.45. The first-order valence-electron chi connectivity index (χ1n) is 13.0. The Morgan fingerprint density at radius 2 is 1.61 bits per heavy atom. The quantitative estimate of drug-likeness (QED) is 0.245. The van der Waals surface area contributed by atoms with Crippen molar-refractivity contribution in [2.24, 2.45) is 0 Å². The topological polar surface area (TPSA) is 45.9 Å². The number of hydrogen-bond donors (Lipinski definition) is 0. The van der Waals surface area contributed by atoms with E-state index in [2.05, 4.69) is 94.4 Å². The highest BCUT2D eigenvalue weighted by Gasteiger charge is 2.24. The molecule has 1 aliphatic heterocycles. The van der Waals surface area contributed by atoms with Crippen LogP contribution in [0.3, 0.4) is 0 Å². The maximum Gasteiger partial charge on any atom is 0.330 e. The predicted octanol–water partition coefficient (Wildman–Crippen LogP) is 5.71. The van der Waals surface area contributed by atoms with Crippen molar-refractivity contribution in [2.45, 2.75) is 26.8 Å². The van der Waals surface area contributed by atoms with Crippen molar-refractivity contribution in [3.8, 4) is 0 Å². The fourth-order valence-electron chi connectivity index (χ4n) is 4.69. The highest BCUT2D eigenvalue weighted by Crippen LogP contribution is 2.48. The molecule has 4 rings (SSSR count). The van der Waals surface area contributed by atoms with Gasteiger partial charge in [-0.25, -0.2) is 0 Å². The van der Waals surface area contributed by atoms with Crippen LogP contribution in [0.1, 0.15) is 31.4 Å². The minimum absolute atomic E-state index is 0.396. The summed E-state index contributed by atoms with van der Waals surface area (Å²) in [5.74, 6) is 0. The van der Waals surface area contributed by atoms with Gasteiger partial charge in [-0.15, -0.1) is 0 Å². The van der Waals surface area contributed by atoms with Crippen LogP contribution in [-0.2, 0) is 20.2 Å². The molecule has 0 atom stereocenters. The Morgan fingerprint density at radius 3 is 2.31 bits per heavy atom. The Hall–Kier alpha value is -2.50. The van der Waals surface area contributed by atoms with E-state index in [4.69, 9.17) is 9.05 Å². The number of anilines is 1. The van der Waals surface area contributed by atoms with Crippen LogP contribution in [0.4, 0.5) is 5.69 Å². The van der Waals surface area contributed by atoms with E-state index >= 15 is 0 Å². The largest absolute Gasteiger partial charge is 0.369 e. The Morgan fingerprint density at radius 1 is 0.917 bits per heavy atom. The number of nitrogens with zero attached hydrogens (tertiary/aromatic N) is 3. The molecule has 0 radical (unpaired) electrons. The molecule has 0 unspecified atom stereocenters. The summed E-state index contributed by atoms with van der Waals surface area (Å²) in [6.07, 6.45) is 7.63. The van der Waals surface area contributed by atoms with Crippen molar-refractivity contribution >= 4 is 36.3 Å². The summed E-state index contributed by atoms with van der Waals surface area (Å²) in [7, 11) is -0.832. The van der Waals surface area contributed by atoms with E-state index in [1.54, 1.807) is 0 Å². The number of hydrogen-bond acceptors (Lipinski definition) is 5. The Labute approximate surface area is 215 Å². The number of rotatable bonds is 11. The molecule has 36 heavy (non-hydrogen) atoms. The van der Waals surface area contributed by atoms with Crippen molar-refractivity contribution in [3.05, 3.63) is 71.9 Å². The monoisotopic (exact) mass is 508 g/mol. The molecule has 1 aliphatic rings. The average molecular weight is 509 g/mol. The zero-order valence-corrected chi connectivity index (χ0v) is 22.7. The molecule has 3 aromatic rings. The number of pyridine rings is 1. The summed E-state index contributed by atoms with van der Waals surface area (Å²) in [5, 5.41) is 1.20. The van der Waals surface area contributed by atoms with E-state index in [9.17, 15) is 4.57 Å². The SMILES string of the molecule is CCOP(=O)(CCC[n+]1ccc(C=Cc2ccc(N3CCN(C)CC3)cc2)c2ccccc21)OCC. The van der Waals surface area contributed by atoms with Gasteiger partial charge in [-0.3, -0.25) is 4.57 Å². The van der Waals surface area contributed by atoms with Gasteiger partial charge in [0, 0.05) is 50.4 Å². The summed E-state index contributed by atoms with van der Waals surface area (Å²) < 4.78 is 25.9. The first-order valence-corrected chi connectivity index (χ1v) is 14.7. The summed E-state index contributed by atoms with van der Waals surface area (Å²) in [6.45, 7) is 9.63. The van der Waals surface area contributed by atoms with Crippen molar-refractivity contribution in [1.29, 1.82) is 0 Å². The molecule has 0 bridgehead atoms. The Bertz CT molecular complexity index is 1190. The average Bonchev–Trinajstić information content (AvgIpc) is 2.89. The molecule has 0 N–H and O–H groups in total. The first kappa shape index (κ1) is 26.6. The fourth-order valence-corrected chi connectivity index (χ4v) is 6.34. The molecule has 6 nitrogen and oxygen atoms in total.